The Morgan fingerprint density at radius 3 is 1.11 bits per heavy atom. The van der Waals surface area contributed by atoms with Crippen molar-refractivity contribution < 1.29 is 60.3 Å². The Bertz CT molecular complexity index is 4200. The zero-order valence-corrected chi connectivity index (χ0v) is 58.2. The molecule has 3 heterocycles. The van der Waals surface area contributed by atoms with E-state index in [0.29, 0.717) is 0 Å². The Balaban J connectivity index is 0.000000167. The second-order valence-corrected chi connectivity index (χ2v) is 22.2. The molecule has 0 fully saturated rings. The summed E-state index contributed by atoms with van der Waals surface area (Å²) in [5.41, 5.74) is 32.2. The van der Waals surface area contributed by atoms with Crippen LogP contribution in [-0.4, -0.2) is 26.6 Å². The van der Waals surface area contributed by atoms with E-state index in [2.05, 4.69) is 320 Å². The summed E-state index contributed by atoms with van der Waals surface area (Å²) < 4.78 is 3.91. The van der Waals surface area contributed by atoms with E-state index in [4.69, 9.17) is 0 Å². The molecule has 0 spiro atoms. The van der Waals surface area contributed by atoms with E-state index in [-0.39, 0.29) is 60.3 Å². The van der Waals surface area contributed by atoms with Crippen LogP contribution in [0, 0.1) is 94.1 Å². The van der Waals surface area contributed by atoms with Gasteiger partial charge in [0.05, 0.1) is 11.4 Å². The fourth-order valence-electron chi connectivity index (χ4n) is 11.9. The van der Waals surface area contributed by atoms with Crippen LogP contribution in [0.3, 0.4) is 0 Å². The van der Waals surface area contributed by atoms with Crippen LogP contribution in [0.1, 0.15) is 56.2 Å². The molecular weight excluding hydrogens is 1600 g/mol. The number of para-hydroxylation sites is 2. The molecule has 2 aromatic heterocycles. The maximum atomic E-state index is 4.60. The van der Waals surface area contributed by atoms with Gasteiger partial charge in [-0.3, -0.25) is 9.36 Å². The average Bonchev–Trinajstić information content (AvgIpc) is 2.96. The molecule has 13 rings (SSSR count). The minimum atomic E-state index is 0. The first-order valence-corrected chi connectivity index (χ1v) is 28.8. The predicted octanol–water partition coefficient (Wildman–Crippen LogP) is 19.6. The first-order valence-electron chi connectivity index (χ1n) is 28.8. The summed E-state index contributed by atoms with van der Waals surface area (Å²) in [5, 5.41) is 9.14. The van der Waals surface area contributed by atoms with Gasteiger partial charge in [0.1, 0.15) is 0 Å². The van der Waals surface area contributed by atoms with E-state index in [1.165, 1.54) is 106 Å². The van der Waals surface area contributed by atoms with E-state index < -0.39 is 0 Å². The fraction of sp³-hybridized carbons (Fsp3) is 0.141. The number of aromatic nitrogens is 4. The monoisotopic (exact) mass is 1670 g/mol. The zero-order chi connectivity index (χ0) is 58.6. The van der Waals surface area contributed by atoms with Crippen molar-refractivity contribution in [1.29, 1.82) is 0 Å². The molecule has 12 aromatic rings. The van der Waals surface area contributed by atoms with Crippen LogP contribution in [0.4, 0.5) is 17.1 Å². The largest absolute Gasteiger partial charge is 0.504 e. The van der Waals surface area contributed by atoms with Crippen LogP contribution in [0.25, 0.3) is 78.1 Å². The Morgan fingerprint density at radius 2 is 0.701 bits per heavy atom. The molecule has 9 heteroatoms. The number of anilines is 3. The van der Waals surface area contributed by atoms with Crippen molar-refractivity contribution in [2.24, 2.45) is 0 Å². The predicted molar refractivity (Wildman–Crippen MR) is 351 cm³/mol. The quantitative estimate of drug-likeness (QED) is 0.135. The van der Waals surface area contributed by atoms with Gasteiger partial charge in [0.2, 0.25) is 0 Å². The van der Waals surface area contributed by atoms with Gasteiger partial charge in [-0.1, -0.05) is 204 Å². The molecular formula is C78H70Ir3N6-4. The molecule has 443 valence electrons. The van der Waals surface area contributed by atoms with E-state index in [0.717, 1.165) is 45.4 Å². The van der Waals surface area contributed by atoms with Gasteiger partial charge in [-0.25, -0.2) is 0 Å². The molecule has 0 aliphatic carbocycles. The SMILES string of the molecule is Cc1cc(-c2ccccc2)cc(C)c1-c1c[c-]c(N2[CH-]N(C)c3ccccc32)cc1.Cc1cc(C)n(-c2[c-]c(C)c(-c3ccc(-c4ccccc4)cc3)c(C)c2)n1.Cc1cc(C)n(-c2[c-]cc(-c3c(C)cc(-c4ccccc4)cc3C)cc2)n1.[Ir].[Ir].[Ir]. The van der Waals surface area contributed by atoms with Crippen molar-refractivity contribution in [1.82, 2.24) is 19.6 Å². The minimum absolute atomic E-state index is 0. The molecule has 6 nitrogen and oxygen atoms in total. The van der Waals surface area contributed by atoms with Crippen molar-refractivity contribution in [2.75, 3.05) is 16.8 Å². The summed E-state index contributed by atoms with van der Waals surface area (Å²) in [6.07, 6.45) is 0. The van der Waals surface area contributed by atoms with Gasteiger partial charge >= 0.3 is 0 Å². The molecule has 0 saturated carbocycles. The average molecular weight is 1670 g/mol. The Morgan fingerprint density at radius 1 is 0.333 bits per heavy atom. The molecule has 0 saturated heterocycles. The standard InChI is InChI=1S/C28H24N2.2C25H23N2.3Ir/c1-20-17-24(22-9-5-4-6-10-22)18-21(2)28(20)23-13-15-25(16-14-23)30-19-29(3)26-11-7-8-12-27(26)30;1-17-14-23(21-8-6-5-7-9-21)15-18(2)25(17)22-10-12-24(13-11-22)27-20(4)16-19(3)26-27;1-17-14-24(27-20(4)16-19(3)26-27)15-18(2)25(17)23-12-10-22(11-13-23)21-8-6-5-7-9-21;;;/h4-15,17-19H,1-3H3;5-12,14-16H,1-4H3;5-14,16H,1-4H3;;;/q-2;2*-1;;;. The molecule has 0 bridgehead atoms. The number of benzene rings is 10. The van der Waals surface area contributed by atoms with Crippen molar-refractivity contribution in [3.05, 3.63) is 299 Å². The van der Waals surface area contributed by atoms with Crippen LogP contribution in [0.5, 0.6) is 0 Å². The third-order valence-corrected chi connectivity index (χ3v) is 15.7. The number of hydrogen-bond acceptors (Lipinski definition) is 4. The Kier molecular flexibility index (Phi) is 21.6. The van der Waals surface area contributed by atoms with Crippen molar-refractivity contribution in [3.63, 3.8) is 0 Å². The summed E-state index contributed by atoms with van der Waals surface area (Å²) in [7, 11) is 2.08. The summed E-state index contributed by atoms with van der Waals surface area (Å²) in [6.45, 7) is 23.3. The maximum Gasteiger partial charge on any atom is 0.0600 e. The third-order valence-electron chi connectivity index (χ3n) is 15.7. The topological polar surface area (TPSA) is 42.1 Å². The van der Waals surface area contributed by atoms with E-state index in [1.54, 1.807) is 0 Å². The van der Waals surface area contributed by atoms with Crippen LogP contribution in [0.15, 0.2) is 218 Å². The van der Waals surface area contributed by atoms with E-state index in [9.17, 15) is 0 Å². The van der Waals surface area contributed by atoms with Crippen LogP contribution in [-0.2, 0) is 60.3 Å². The second kappa shape index (κ2) is 28.8. The maximum absolute atomic E-state index is 4.60. The molecule has 1 aliphatic rings. The first kappa shape index (κ1) is 65.2. The van der Waals surface area contributed by atoms with Gasteiger partial charge in [-0.15, -0.1) is 40.6 Å². The second-order valence-electron chi connectivity index (χ2n) is 22.2. The summed E-state index contributed by atoms with van der Waals surface area (Å²) in [5.74, 6) is 0. The number of rotatable bonds is 9. The molecule has 0 amide bonds. The van der Waals surface area contributed by atoms with Gasteiger partial charge < -0.3 is 9.80 Å². The van der Waals surface area contributed by atoms with Crippen molar-refractivity contribution in [2.45, 2.75) is 69.2 Å². The number of fused-ring (bicyclic) bond motifs is 1. The smallest absolute Gasteiger partial charge is 0.0600 e. The van der Waals surface area contributed by atoms with Crippen LogP contribution < -0.4 is 9.80 Å². The molecule has 0 atom stereocenters. The minimum Gasteiger partial charge on any atom is -0.504 e. The van der Waals surface area contributed by atoms with E-state index in [1.807, 2.05) is 29.3 Å². The van der Waals surface area contributed by atoms with Crippen LogP contribution in [0.2, 0.25) is 0 Å². The Labute approximate surface area is 556 Å². The normalized spacial score (nSPS) is 11.3. The van der Waals surface area contributed by atoms with Crippen molar-refractivity contribution >= 4 is 17.1 Å². The van der Waals surface area contributed by atoms with Gasteiger partial charge in [0.15, 0.2) is 0 Å². The molecule has 87 heavy (non-hydrogen) atoms. The zero-order valence-electron chi connectivity index (χ0n) is 51.0. The summed E-state index contributed by atoms with van der Waals surface area (Å²) in [6, 6.07) is 87.5. The third kappa shape index (κ3) is 14.4. The number of nitrogens with zero attached hydrogens (tertiary/aromatic N) is 6. The molecule has 0 N–H and O–H groups in total. The fourth-order valence-corrected chi connectivity index (χ4v) is 11.9. The van der Waals surface area contributed by atoms with Gasteiger partial charge in [-0.05, 0) is 131 Å². The molecule has 0 unspecified atom stereocenters. The summed E-state index contributed by atoms with van der Waals surface area (Å²) in [4.78, 5) is 4.34. The van der Waals surface area contributed by atoms with Gasteiger partial charge in [0, 0.05) is 83.1 Å². The summed E-state index contributed by atoms with van der Waals surface area (Å²) >= 11 is 0. The number of aryl methyl sites for hydroxylation is 10. The van der Waals surface area contributed by atoms with Gasteiger partial charge in [-0.2, -0.15) is 70.5 Å². The van der Waals surface area contributed by atoms with Gasteiger partial charge in [0.25, 0.3) is 0 Å². The van der Waals surface area contributed by atoms with E-state index >= 15 is 0 Å². The molecule has 3 radical (unpaired) electrons. The molecule has 10 aromatic carbocycles. The Hall–Kier alpha value is -7.83. The van der Waals surface area contributed by atoms with Crippen LogP contribution >= 0.6 is 0 Å². The van der Waals surface area contributed by atoms with Crippen molar-refractivity contribution in [3.8, 4) is 78.1 Å². The number of hydrogen-bond donors (Lipinski definition) is 0. The molecule has 1 aliphatic heterocycles. The first-order chi connectivity index (χ1) is 40.7.